The van der Waals surface area contributed by atoms with Crippen molar-refractivity contribution in [3.63, 3.8) is 0 Å². The summed E-state index contributed by atoms with van der Waals surface area (Å²) in [5.41, 5.74) is 4.60. The summed E-state index contributed by atoms with van der Waals surface area (Å²) in [5, 5.41) is 3.39. The second-order valence-electron chi connectivity index (χ2n) is 4.80. The average molecular weight is 251 g/mol. The maximum absolute atomic E-state index is 4.69. The van der Waals surface area contributed by atoms with E-state index in [1.807, 2.05) is 18.2 Å². The third-order valence-electron chi connectivity index (χ3n) is 3.35. The molecule has 0 saturated heterocycles. The molecule has 96 valence electrons. The summed E-state index contributed by atoms with van der Waals surface area (Å²) >= 11 is 0. The number of rotatable bonds is 3. The molecule has 0 amide bonds. The van der Waals surface area contributed by atoms with Gasteiger partial charge in [-0.2, -0.15) is 0 Å². The van der Waals surface area contributed by atoms with Crippen LogP contribution in [-0.2, 0) is 13.6 Å². The summed E-state index contributed by atoms with van der Waals surface area (Å²) in [5.74, 6) is 1.05. The van der Waals surface area contributed by atoms with Crippen molar-refractivity contribution in [1.29, 1.82) is 0 Å². The predicted molar refractivity (Wildman–Crippen MR) is 79.2 cm³/mol. The van der Waals surface area contributed by atoms with Crippen LogP contribution in [0, 0.1) is 6.92 Å². The Morgan fingerprint density at radius 1 is 1.11 bits per heavy atom. The second-order valence-corrected chi connectivity index (χ2v) is 4.80. The molecule has 0 aliphatic rings. The molecule has 1 heterocycles. The lowest BCUT2D eigenvalue weighted by Crippen LogP contribution is -2.05. The van der Waals surface area contributed by atoms with Gasteiger partial charge >= 0.3 is 0 Å². The molecular formula is C16H17N3. The van der Waals surface area contributed by atoms with Crippen LogP contribution in [0.3, 0.4) is 0 Å². The maximum Gasteiger partial charge on any atom is 0.128 e. The zero-order valence-electron chi connectivity index (χ0n) is 11.2. The molecule has 1 aromatic heterocycles. The summed E-state index contributed by atoms with van der Waals surface area (Å²) < 4.78 is 2.14. The molecule has 0 unspecified atom stereocenters. The monoisotopic (exact) mass is 251 g/mol. The van der Waals surface area contributed by atoms with Crippen LogP contribution in [0.25, 0.3) is 11.0 Å². The fourth-order valence-electron chi connectivity index (χ4n) is 2.25. The van der Waals surface area contributed by atoms with Gasteiger partial charge in [-0.15, -0.1) is 0 Å². The molecule has 19 heavy (non-hydrogen) atoms. The highest BCUT2D eigenvalue weighted by molar-refractivity contribution is 5.76. The molecule has 0 saturated carbocycles. The molecule has 0 aliphatic heterocycles. The Hall–Kier alpha value is -2.29. The van der Waals surface area contributed by atoms with Gasteiger partial charge in [0.2, 0.25) is 0 Å². The molecule has 3 nitrogen and oxygen atoms in total. The lowest BCUT2D eigenvalue weighted by Gasteiger charge is -2.06. The van der Waals surface area contributed by atoms with Crippen molar-refractivity contribution in [2.24, 2.45) is 7.05 Å². The molecule has 0 fully saturated rings. The molecular weight excluding hydrogens is 234 g/mol. The van der Waals surface area contributed by atoms with Gasteiger partial charge in [0.1, 0.15) is 5.82 Å². The van der Waals surface area contributed by atoms with E-state index in [2.05, 4.69) is 59.2 Å². The minimum Gasteiger partial charge on any atom is -0.378 e. The summed E-state index contributed by atoms with van der Waals surface area (Å²) in [6, 6.07) is 16.6. The van der Waals surface area contributed by atoms with E-state index in [4.69, 9.17) is 0 Å². The van der Waals surface area contributed by atoms with Gasteiger partial charge in [0, 0.05) is 12.7 Å². The smallest absolute Gasteiger partial charge is 0.128 e. The zero-order chi connectivity index (χ0) is 13.2. The summed E-state index contributed by atoms with van der Waals surface area (Å²) in [6.45, 7) is 2.82. The van der Waals surface area contributed by atoms with Crippen molar-refractivity contribution < 1.29 is 0 Å². The first-order chi connectivity index (χ1) is 9.24. The Kier molecular flexibility index (Phi) is 2.95. The van der Waals surface area contributed by atoms with E-state index in [1.165, 1.54) is 11.1 Å². The van der Waals surface area contributed by atoms with E-state index >= 15 is 0 Å². The number of anilines is 1. The van der Waals surface area contributed by atoms with Crippen LogP contribution in [0.5, 0.6) is 0 Å². The van der Waals surface area contributed by atoms with E-state index in [-0.39, 0.29) is 0 Å². The van der Waals surface area contributed by atoms with E-state index < -0.39 is 0 Å². The van der Waals surface area contributed by atoms with Crippen molar-refractivity contribution in [3.8, 4) is 0 Å². The number of para-hydroxylation sites is 1. The normalized spacial score (nSPS) is 10.8. The van der Waals surface area contributed by atoms with Gasteiger partial charge in [0.15, 0.2) is 0 Å². The van der Waals surface area contributed by atoms with Gasteiger partial charge in [-0.1, -0.05) is 24.3 Å². The number of fused-ring (bicyclic) bond motifs is 1. The minimum atomic E-state index is 0.730. The number of imidazole rings is 1. The first-order valence-corrected chi connectivity index (χ1v) is 6.45. The third-order valence-corrected chi connectivity index (χ3v) is 3.35. The van der Waals surface area contributed by atoms with Crippen LogP contribution < -0.4 is 5.32 Å². The van der Waals surface area contributed by atoms with Crippen LogP contribution in [0.2, 0.25) is 0 Å². The molecule has 1 N–H and O–H groups in total. The second kappa shape index (κ2) is 4.76. The van der Waals surface area contributed by atoms with Gasteiger partial charge in [-0.25, -0.2) is 4.98 Å². The highest BCUT2D eigenvalue weighted by Crippen LogP contribution is 2.17. The molecule has 0 atom stereocenters. The van der Waals surface area contributed by atoms with Gasteiger partial charge in [-0.3, -0.25) is 0 Å². The topological polar surface area (TPSA) is 29.9 Å². The first kappa shape index (κ1) is 11.8. The lowest BCUT2D eigenvalue weighted by molar-refractivity contribution is 0.834. The van der Waals surface area contributed by atoms with Crippen LogP contribution in [0.4, 0.5) is 5.69 Å². The number of nitrogens with zero attached hydrogens (tertiary/aromatic N) is 2. The number of aryl methyl sites for hydroxylation is 2. The Morgan fingerprint density at radius 3 is 2.68 bits per heavy atom. The van der Waals surface area contributed by atoms with E-state index in [0.717, 1.165) is 23.6 Å². The fourth-order valence-corrected chi connectivity index (χ4v) is 2.25. The van der Waals surface area contributed by atoms with Gasteiger partial charge in [-0.05, 0) is 36.8 Å². The summed E-state index contributed by atoms with van der Waals surface area (Å²) in [6.07, 6.45) is 0. The zero-order valence-corrected chi connectivity index (χ0v) is 11.2. The number of hydrogen-bond donors (Lipinski definition) is 1. The molecule has 3 heteroatoms. The Morgan fingerprint density at radius 2 is 1.89 bits per heavy atom. The van der Waals surface area contributed by atoms with Crippen LogP contribution in [0.1, 0.15) is 11.4 Å². The van der Waals surface area contributed by atoms with Crippen molar-refractivity contribution >= 4 is 16.7 Å². The molecule has 2 aromatic carbocycles. The molecule has 0 aliphatic carbocycles. The number of hydrogen-bond acceptors (Lipinski definition) is 2. The Bertz CT molecular complexity index is 699. The summed E-state index contributed by atoms with van der Waals surface area (Å²) in [4.78, 5) is 4.69. The highest BCUT2D eigenvalue weighted by Gasteiger charge is 2.07. The largest absolute Gasteiger partial charge is 0.378 e. The SMILES string of the molecule is Cc1ccc2c(c1)nc(CNc1ccccc1)n2C. The average Bonchev–Trinajstić information content (AvgIpc) is 2.74. The van der Waals surface area contributed by atoms with Crippen molar-refractivity contribution in [1.82, 2.24) is 9.55 Å². The van der Waals surface area contributed by atoms with Crippen LogP contribution >= 0.6 is 0 Å². The van der Waals surface area contributed by atoms with Gasteiger partial charge in [0.25, 0.3) is 0 Å². The van der Waals surface area contributed by atoms with Crippen LogP contribution in [0.15, 0.2) is 48.5 Å². The van der Waals surface area contributed by atoms with E-state index in [0.29, 0.717) is 0 Å². The molecule has 0 radical (unpaired) electrons. The van der Waals surface area contributed by atoms with E-state index in [1.54, 1.807) is 0 Å². The molecule has 0 spiro atoms. The van der Waals surface area contributed by atoms with Gasteiger partial charge in [0.05, 0.1) is 17.6 Å². The fraction of sp³-hybridized carbons (Fsp3) is 0.188. The maximum atomic E-state index is 4.69. The quantitative estimate of drug-likeness (QED) is 0.772. The molecule has 0 bridgehead atoms. The van der Waals surface area contributed by atoms with Crippen LogP contribution in [-0.4, -0.2) is 9.55 Å². The summed E-state index contributed by atoms with van der Waals surface area (Å²) in [7, 11) is 2.06. The third kappa shape index (κ3) is 2.32. The predicted octanol–water partition coefficient (Wildman–Crippen LogP) is 3.49. The van der Waals surface area contributed by atoms with Crippen molar-refractivity contribution in [2.45, 2.75) is 13.5 Å². The minimum absolute atomic E-state index is 0.730. The van der Waals surface area contributed by atoms with E-state index in [9.17, 15) is 0 Å². The molecule has 3 rings (SSSR count). The number of benzene rings is 2. The standard InChI is InChI=1S/C16H17N3/c1-12-8-9-15-14(10-12)18-16(19(15)2)11-17-13-6-4-3-5-7-13/h3-10,17H,11H2,1-2H3. The first-order valence-electron chi connectivity index (χ1n) is 6.45. The number of nitrogens with one attached hydrogen (secondary N) is 1. The Labute approximate surface area is 112 Å². The molecule has 3 aromatic rings. The van der Waals surface area contributed by atoms with Crippen molar-refractivity contribution in [2.75, 3.05) is 5.32 Å². The highest BCUT2D eigenvalue weighted by atomic mass is 15.1. The van der Waals surface area contributed by atoms with Crippen molar-refractivity contribution in [3.05, 3.63) is 59.9 Å². The van der Waals surface area contributed by atoms with Gasteiger partial charge < -0.3 is 9.88 Å². The lowest BCUT2D eigenvalue weighted by atomic mass is 10.2. The Balaban J connectivity index is 1.87. The number of aromatic nitrogens is 2.